The number of amidine groups is 1. The number of hydrogen-bond donors (Lipinski definition) is 1. The molecule has 0 saturated carbocycles. The first-order chi connectivity index (χ1) is 10.0. The zero-order chi connectivity index (χ0) is 15.4. The first kappa shape index (κ1) is 15.4. The lowest BCUT2D eigenvalue weighted by Gasteiger charge is -2.32. The molecule has 0 amide bonds. The zero-order valence-corrected chi connectivity index (χ0v) is 12.0. The summed E-state index contributed by atoms with van der Waals surface area (Å²) >= 11 is 0. The van der Waals surface area contributed by atoms with E-state index in [0.29, 0.717) is 18.1 Å². The van der Waals surface area contributed by atoms with Gasteiger partial charge in [-0.1, -0.05) is 6.92 Å². The molecule has 114 valence electrons. The first-order valence-corrected chi connectivity index (χ1v) is 6.79. The molecule has 1 atom stereocenters. The number of rotatable bonds is 5. The van der Waals surface area contributed by atoms with E-state index < -0.39 is 17.9 Å². The highest BCUT2D eigenvalue weighted by molar-refractivity contribution is 5.86. The third-order valence-corrected chi connectivity index (χ3v) is 3.07. The van der Waals surface area contributed by atoms with E-state index in [1.54, 1.807) is 17.9 Å². The van der Waals surface area contributed by atoms with Gasteiger partial charge in [0.05, 0.1) is 0 Å². The molecule has 1 aromatic rings. The Labute approximate surface area is 122 Å². The van der Waals surface area contributed by atoms with Crippen LogP contribution in [-0.4, -0.2) is 35.2 Å². The minimum atomic E-state index is -0.959. The van der Waals surface area contributed by atoms with Gasteiger partial charge in [-0.3, -0.25) is 0 Å². The van der Waals surface area contributed by atoms with Gasteiger partial charge in [-0.2, -0.15) is 0 Å². The summed E-state index contributed by atoms with van der Waals surface area (Å²) in [5, 5.41) is 10.0. The number of aliphatic hydroxyl groups excluding tert-OH is 1. The van der Waals surface area contributed by atoms with Gasteiger partial charge in [0.25, 0.3) is 0 Å². The van der Waals surface area contributed by atoms with Crippen molar-refractivity contribution in [3.8, 4) is 5.75 Å². The maximum atomic E-state index is 13.1. The number of ether oxygens (including phenoxy) is 1. The molecule has 0 bridgehead atoms. The summed E-state index contributed by atoms with van der Waals surface area (Å²) in [5.41, 5.74) is 0.693. The Kier molecular flexibility index (Phi) is 4.90. The summed E-state index contributed by atoms with van der Waals surface area (Å²) in [7, 11) is 0. The number of halogens is 2. The van der Waals surface area contributed by atoms with Crippen molar-refractivity contribution in [2.24, 2.45) is 4.99 Å². The van der Waals surface area contributed by atoms with E-state index in [-0.39, 0.29) is 12.4 Å². The fourth-order valence-electron chi connectivity index (χ4n) is 2.10. The highest BCUT2D eigenvalue weighted by atomic mass is 19.2. The molecule has 1 aliphatic rings. The van der Waals surface area contributed by atoms with Gasteiger partial charge in [-0.15, -0.1) is 0 Å². The van der Waals surface area contributed by atoms with Crippen molar-refractivity contribution in [1.82, 2.24) is 4.90 Å². The van der Waals surface area contributed by atoms with Crippen LogP contribution in [-0.2, 0) is 0 Å². The van der Waals surface area contributed by atoms with E-state index in [0.717, 1.165) is 18.6 Å². The third kappa shape index (κ3) is 3.78. The summed E-state index contributed by atoms with van der Waals surface area (Å²) in [6.45, 7) is 4.48. The molecule has 0 aliphatic carbocycles. The van der Waals surface area contributed by atoms with Crippen molar-refractivity contribution < 1.29 is 18.6 Å². The largest absolute Gasteiger partial charge is 0.486 e. The summed E-state index contributed by atoms with van der Waals surface area (Å²) < 4.78 is 31.4. The molecular weight excluding hydrogens is 278 g/mol. The number of hydrogen-bond acceptors (Lipinski definition) is 4. The lowest BCUT2D eigenvalue weighted by atomic mass is 10.2. The fourth-order valence-corrected chi connectivity index (χ4v) is 2.10. The van der Waals surface area contributed by atoms with Crippen LogP contribution in [0.1, 0.15) is 20.3 Å². The van der Waals surface area contributed by atoms with Crippen molar-refractivity contribution in [3.05, 3.63) is 41.6 Å². The molecule has 21 heavy (non-hydrogen) atoms. The molecule has 2 rings (SSSR count). The molecule has 0 saturated heterocycles. The average Bonchev–Trinajstić information content (AvgIpc) is 2.43. The normalized spacial score (nSPS) is 18.3. The summed E-state index contributed by atoms with van der Waals surface area (Å²) in [6, 6.07) is 3.35. The van der Waals surface area contributed by atoms with Crippen LogP contribution in [0.4, 0.5) is 8.78 Å². The van der Waals surface area contributed by atoms with Crippen LogP contribution in [0.2, 0.25) is 0 Å². The molecule has 0 spiro atoms. The second-order valence-electron chi connectivity index (χ2n) is 4.81. The average molecular weight is 296 g/mol. The lowest BCUT2D eigenvalue weighted by Crippen LogP contribution is -2.44. The van der Waals surface area contributed by atoms with Gasteiger partial charge in [0.15, 0.2) is 11.6 Å². The van der Waals surface area contributed by atoms with Crippen molar-refractivity contribution >= 4 is 5.84 Å². The Morgan fingerprint density at radius 2 is 2.10 bits per heavy atom. The third-order valence-electron chi connectivity index (χ3n) is 3.07. The molecule has 4 nitrogen and oxygen atoms in total. The lowest BCUT2D eigenvalue weighted by molar-refractivity contribution is 0.0882. The van der Waals surface area contributed by atoms with Crippen molar-refractivity contribution in [2.75, 3.05) is 13.2 Å². The molecule has 0 fully saturated rings. The second kappa shape index (κ2) is 6.67. The quantitative estimate of drug-likeness (QED) is 0.908. The Bertz CT molecular complexity index is 573. The number of aliphatic hydroxyl groups is 1. The van der Waals surface area contributed by atoms with E-state index in [9.17, 15) is 13.9 Å². The molecule has 0 aromatic heterocycles. The van der Waals surface area contributed by atoms with Crippen LogP contribution < -0.4 is 4.74 Å². The van der Waals surface area contributed by atoms with Gasteiger partial charge in [0.1, 0.15) is 24.4 Å². The van der Waals surface area contributed by atoms with Crippen LogP contribution in [0.25, 0.3) is 0 Å². The fraction of sp³-hybridized carbons (Fsp3) is 0.400. The first-order valence-electron chi connectivity index (χ1n) is 6.79. The number of nitrogens with zero attached hydrogens (tertiary/aromatic N) is 2. The van der Waals surface area contributed by atoms with E-state index >= 15 is 0 Å². The molecule has 1 unspecified atom stereocenters. The number of benzene rings is 1. The van der Waals surface area contributed by atoms with Gasteiger partial charge in [-0.05, 0) is 31.6 Å². The van der Waals surface area contributed by atoms with Gasteiger partial charge < -0.3 is 14.7 Å². The Balaban J connectivity index is 2.09. The standard InChI is InChI=1S/C15H18F2N2O2/c1-3-6-19-14(18-10(2)7-15(19)20)9-21-11-4-5-12(16)13(17)8-11/h4-5,7-8,15,20H,3,6,9H2,1-2H3. The smallest absolute Gasteiger partial charge is 0.162 e. The van der Waals surface area contributed by atoms with Gasteiger partial charge >= 0.3 is 0 Å². The predicted molar refractivity (Wildman–Crippen MR) is 76.0 cm³/mol. The molecule has 1 heterocycles. The van der Waals surface area contributed by atoms with Gasteiger partial charge in [0, 0.05) is 18.3 Å². The van der Waals surface area contributed by atoms with Gasteiger partial charge in [-0.25, -0.2) is 13.8 Å². The molecule has 6 heteroatoms. The van der Waals surface area contributed by atoms with Crippen LogP contribution in [0.3, 0.4) is 0 Å². The summed E-state index contributed by atoms with van der Waals surface area (Å²) in [5.74, 6) is -1.09. The molecular formula is C15H18F2N2O2. The Hall–Kier alpha value is -1.95. The van der Waals surface area contributed by atoms with Crippen LogP contribution in [0, 0.1) is 11.6 Å². The SMILES string of the molecule is CCCN1C(COc2ccc(F)c(F)c2)=NC(C)=CC1O. The zero-order valence-electron chi connectivity index (χ0n) is 12.0. The summed E-state index contributed by atoms with van der Waals surface area (Å²) in [4.78, 5) is 6.05. The number of aliphatic imine (C=N–C) groups is 1. The summed E-state index contributed by atoms with van der Waals surface area (Å²) in [6.07, 6.45) is 1.75. The van der Waals surface area contributed by atoms with E-state index in [1.165, 1.54) is 6.07 Å². The second-order valence-corrected chi connectivity index (χ2v) is 4.81. The van der Waals surface area contributed by atoms with Crippen molar-refractivity contribution in [1.29, 1.82) is 0 Å². The molecule has 1 aromatic carbocycles. The van der Waals surface area contributed by atoms with Crippen LogP contribution >= 0.6 is 0 Å². The van der Waals surface area contributed by atoms with Crippen molar-refractivity contribution in [3.63, 3.8) is 0 Å². The van der Waals surface area contributed by atoms with Crippen LogP contribution in [0.5, 0.6) is 5.75 Å². The maximum absolute atomic E-state index is 13.1. The number of allylic oxidation sites excluding steroid dienone is 1. The van der Waals surface area contributed by atoms with E-state index in [2.05, 4.69) is 4.99 Å². The molecule has 1 N–H and O–H groups in total. The predicted octanol–water partition coefficient (Wildman–Crippen LogP) is 2.69. The molecule has 0 radical (unpaired) electrons. The topological polar surface area (TPSA) is 45.1 Å². The highest BCUT2D eigenvalue weighted by Crippen LogP contribution is 2.17. The van der Waals surface area contributed by atoms with Gasteiger partial charge in [0.2, 0.25) is 0 Å². The van der Waals surface area contributed by atoms with Crippen molar-refractivity contribution in [2.45, 2.75) is 26.5 Å². The van der Waals surface area contributed by atoms with E-state index in [4.69, 9.17) is 4.74 Å². The Morgan fingerprint density at radius 3 is 2.76 bits per heavy atom. The minimum absolute atomic E-state index is 0.0767. The Morgan fingerprint density at radius 1 is 1.33 bits per heavy atom. The minimum Gasteiger partial charge on any atom is -0.486 e. The van der Waals surface area contributed by atoms with E-state index in [1.807, 2.05) is 6.92 Å². The maximum Gasteiger partial charge on any atom is 0.162 e. The molecule has 1 aliphatic heterocycles. The highest BCUT2D eigenvalue weighted by Gasteiger charge is 2.22. The monoisotopic (exact) mass is 296 g/mol. The van der Waals surface area contributed by atoms with Crippen LogP contribution in [0.15, 0.2) is 35.0 Å².